The minimum Gasteiger partial charge on any atom is -0.298 e. The highest BCUT2D eigenvalue weighted by Gasteiger charge is 2.28. The summed E-state index contributed by atoms with van der Waals surface area (Å²) in [6.07, 6.45) is 1.67. The standard InChI is InChI=1S/C6H9ClO/c1-4-2-3-5(8)6(4)7/h4,6H,2-3H2,1H3. The molecule has 0 radical (unpaired) electrons. The van der Waals surface area contributed by atoms with Crippen LogP contribution in [0.4, 0.5) is 0 Å². The number of Topliss-reactive ketones (excluding diaryl/α,β-unsaturated/α-hetero) is 1. The van der Waals surface area contributed by atoms with Crippen molar-refractivity contribution < 1.29 is 4.79 Å². The molecule has 0 heterocycles. The topological polar surface area (TPSA) is 17.1 Å². The van der Waals surface area contributed by atoms with Crippen molar-refractivity contribution in [2.45, 2.75) is 25.1 Å². The molecule has 2 atom stereocenters. The van der Waals surface area contributed by atoms with Gasteiger partial charge in [0.15, 0.2) is 5.78 Å². The second-order valence-corrected chi connectivity index (χ2v) is 2.85. The average molecular weight is 133 g/mol. The molecule has 0 N–H and O–H groups in total. The van der Waals surface area contributed by atoms with E-state index in [0.29, 0.717) is 12.3 Å². The molecule has 0 aliphatic heterocycles. The van der Waals surface area contributed by atoms with Crippen LogP contribution >= 0.6 is 11.6 Å². The molecule has 2 heteroatoms. The van der Waals surface area contributed by atoms with Gasteiger partial charge in [0.1, 0.15) is 0 Å². The largest absolute Gasteiger partial charge is 0.298 e. The van der Waals surface area contributed by atoms with Crippen LogP contribution in [0.5, 0.6) is 0 Å². The lowest BCUT2D eigenvalue weighted by molar-refractivity contribution is -0.117. The summed E-state index contributed by atoms with van der Waals surface area (Å²) in [6.45, 7) is 2.02. The predicted octanol–water partition coefficient (Wildman–Crippen LogP) is 1.59. The molecule has 1 nitrogen and oxygen atoms in total. The van der Waals surface area contributed by atoms with E-state index in [1.165, 1.54) is 0 Å². The molecule has 46 valence electrons. The summed E-state index contributed by atoms with van der Waals surface area (Å²) in [5, 5.41) is -0.185. The van der Waals surface area contributed by atoms with Gasteiger partial charge in [-0.25, -0.2) is 0 Å². The quantitative estimate of drug-likeness (QED) is 0.458. The van der Waals surface area contributed by atoms with Crippen LogP contribution in [-0.4, -0.2) is 11.2 Å². The highest BCUT2D eigenvalue weighted by atomic mass is 35.5. The Morgan fingerprint density at radius 1 is 1.75 bits per heavy atom. The summed E-state index contributed by atoms with van der Waals surface area (Å²) in [7, 11) is 0. The lowest BCUT2D eigenvalue weighted by Crippen LogP contribution is -2.10. The molecule has 0 spiro atoms. The summed E-state index contributed by atoms with van der Waals surface area (Å²) in [4.78, 5) is 10.7. The summed E-state index contributed by atoms with van der Waals surface area (Å²) in [5.74, 6) is 0.628. The third-order valence-electron chi connectivity index (χ3n) is 1.65. The van der Waals surface area contributed by atoms with Gasteiger partial charge in [-0.1, -0.05) is 6.92 Å². The van der Waals surface area contributed by atoms with Crippen LogP contribution in [0.25, 0.3) is 0 Å². The van der Waals surface area contributed by atoms with Crippen molar-refractivity contribution >= 4 is 17.4 Å². The van der Waals surface area contributed by atoms with E-state index in [4.69, 9.17) is 11.6 Å². The molecule has 1 aliphatic carbocycles. The van der Waals surface area contributed by atoms with Gasteiger partial charge in [0, 0.05) is 6.42 Å². The SMILES string of the molecule is CC1CCC(=O)C1Cl. The van der Waals surface area contributed by atoms with Crippen molar-refractivity contribution in [1.29, 1.82) is 0 Å². The van der Waals surface area contributed by atoms with Gasteiger partial charge in [-0.2, -0.15) is 0 Å². The molecule has 0 saturated heterocycles. The second kappa shape index (κ2) is 2.06. The van der Waals surface area contributed by atoms with Gasteiger partial charge >= 0.3 is 0 Å². The third-order valence-corrected chi connectivity index (χ3v) is 2.33. The Bertz CT molecular complexity index is 111. The maximum atomic E-state index is 10.7. The van der Waals surface area contributed by atoms with Gasteiger partial charge in [-0.3, -0.25) is 4.79 Å². The second-order valence-electron chi connectivity index (χ2n) is 2.38. The van der Waals surface area contributed by atoms with Crippen LogP contribution in [-0.2, 0) is 4.79 Å². The van der Waals surface area contributed by atoms with Crippen molar-refractivity contribution in [1.82, 2.24) is 0 Å². The van der Waals surface area contributed by atoms with Gasteiger partial charge in [-0.05, 0) is 12.3 Å². The third kappa shape index (κ3) is 0.873. The molecule has 0 aromatic carbocycles. The van der Waals surface area contributed by atoms with Crippen molar-refractivity contribution in [2.75, 3.05) is 0 Å². The van der Waals surface area contributed by atoms with E-state index < -0.39 is 0 Å². The molecule has 1 rings (SSSR count). The average Bonchev–Trinajstić information content (AvgIpc) is 1.98. The van der Waals surface area contributed by atoms with Crippen molar-refractivity contribution in [3.63, 3.8) is 0 Å². The number of ketones is 1. The Labute approximate surface area is 54.0 Å². The minimum absolute atomic E-state index is 0.185. The van der Waals surface area contributed by atoms with E-state index in [9.17, 15) is 4.79 Å². The van der Waals surface area contributed by atoms with E-state index in [-0.39, 0.29) is 11.2 Å². The monoisotopic (exact) mass is 132 g/mol. The lowest BCUT2D eigenvalue weighted by Gasteiger charge is -2.01. The fourth-order valence-corrected chi connectivity index (χ4v) is 1.21. The number of carbonyl (C=O) groups is 1. The van der Waals surface area contributed by atoms with Crippen LogP contribution in [0.2, 0.25) is 0 Å². The van der Waals surface area contributed by atoms with E-state index in [2.05, 4.69) is 0 Å². The van der Waals surface area contributed by atoms with Crippen LogP contribution in [0.15, 0.2) is 0 Å². The van der Waals surface area contributed by atoms with Gasteiger partial charge < -0.3 is 0 Å². The molecule has 1 aliphatic rings. The predicted molar refractivity (Wildman–Crippen MR) is 33.0 cm³/mol. The molecule has 2 unspecified atom stereocenters. The maximum absolute atomic E-state index is 10.7. The molecule has 0 aromatic rings. The Balaban J connectivity index is 2.56. The first-order valence-electron chi connectivity index (χ1n) is 2.88. The molecular formula is C6H9ClO. The molecular weight excluding hydrogens is 124 g/mol. The molecule has 0 aromatic heterocycles. The number of hydrogen-bond acceptors (Lipinski definition) is 1. The highest BCUT2D eigenvalue weighted by Crippen LogP contribution is 2.25. The maximum Gasteiger partial charge on any atom is 0.150 e. The van der Waals surface area contributed by atoms with E-state index in [0.717, 1.165) is 6.42 Å². The Kier molecular flexibility index (Phi) is 1.57. The zero-order chi connectivity index (χ0) is 6.15. The highest BCUT2D eigenvalue weighted by molar-refractivity contribution is 6.31. The first-order chi connectivity index (χ1) is 3.72. The number of hydrogen-bond donors (Lipinski definition) is 0. The van der Waals surface area contributed by atoms with E-state index >= 15 is 0 Å². The van der Waals surface area contributed by atoms with Gasteiger partial charge in [0.2, 0.25) is 0 Å². The first-order valence-corrected chi connectivity index (χ1v) is 3.32. The zero-order valence-corrected chi connectivity index (χ0v) is 5.61. The van der Waals surface area contributed by atoms with Crippen molar-refractivity contribution in [2.24, 2.45) is 5.92 Å². The zero-order valence-electron chi connectivity index (χ0n) is 4.86. The van der Waals surface area contributed by atoms with Crippen molar-refractivity contribution in [3.05, 3.63) is 0 Å². The van der Waals surface area contributed by atoms with E-state index in [1.54, 1.807) is 0 Å². The van der Waals surface area contributed by atoms with Gasteiger partial charge in [0.25, 0.3) is 0 Å². The van der Waals surface area contributed by atoms with Gasteiger partial charge in [0.05, 0.1) is 5.38 Å². The van der Waals surface area contributed by atoms with Crippen LogP contribution in [0.3, 0.4) is 0 Å². The molecule has 0 bridgehead atoms. The minimum atomic E-state index is -0.185. The first kappa shape index (κ1) is 6.09. The summed E-state index contributed by atoms with van der Waals surface area (Å²) in [6, 6.07) is 0. The molecule has 8 heavy (non-hydrogen) atoms. The number of halogens is 1. The number of carbonyl (C=O) groups excluding carboxylic acids is 1. The smallest absolute Gasteiger partial charge is 0.150 e. The summed E-state index contributed by atoms with van der Waals surface area (Å²) in [5.41, 5.74) is 0. The fourth-order valence-electron chi connectivity index (χ4n) is 0.971. The van der Waals surface area contributed by atoms with E-state index in [1.807, 2.05) is 6.92 Å². The number of rotatable bonds is 0. The Morgan fingerprint density at radius 2 is 2.38 bits per heavy atom. The summed E-state index contributed by atoms with van der Waals surface area (Å²) >= 11 is 5.66. The van der Waals surface area contributed by atoms with Crippen LogP contribution in [0.1, 0.15) is 19.8 Å². The van der Waals surface area contributed by atoms with Crippen LogP contribution < -0.4 is 0 Å². The molecule has 0 amide bonds. The number of alkyl halides is 1. The van der Waals surface area contributed by atoms with Crippen molar-refractivity contribution in [3.8, 4) is 0 Å². The lowest BCUT2D eigenvalue weighted by atomic mass is 10.1. The normalized spacial score (nSPS) is 38.5. The molecule has 1 saturated carbocycles. The van der Waals surface area contributed by atoms with Gasteiger partial charge in [-0.15, -0.1) is 11.6 Å². The Hall–Kier alpha value is -0.0400. The fraction of sp³-hybridized carbons (Fsp3) is 0.833. The Morgan fingerprint density at radius 3 is 2.50 bits per heavy atom. The summed E-state index contributed by atoms with van der Waals surface area (Å²) < 4.78 is 0. The van der Waals surface area contributed by atoms with Crippen LogP contribution in [0, 0.1) is 5.92 Å². The molecule has 1 fully saturated rings.